The first-order valence-electron chi connectivity index (χ1n) is 13.3. The molecule has 208 valence electrons. The van der Waals surface area contributed by atoms with Crippen LogP contribution in [0.25, 0.3) is 0 Å². The van der Waals surface area contributed by atoms with Crippen molar-refractivity contribution in [3.8, 4) is 0 Å². The molecule has 0 saturated carbocycles. The summed E-state index contributed by atoms with van der Waals surface area (Å²) in [4.78, 5) is 30.5. The highest BCUT2D eigenvalue weighted by Gasteiger charge is 2.24. The number of nitrogens with one attached hydrogen (secondary N) is 2. The Morgan fingerprint density at radius 2 is 1.62 bits per heavy atom. The molecule has 5 rings (SSSR count). The van der Waals surface area contributed by atoms with Crippen LogP contribution in [0.5, 0.6) is 0 Å². The summed E-state index contributed by atoms with van der Waals surface area (Å²) in [5.41, 5.74) is 3.11. The lowest BCUT2D eigenvalue weighted by Gasteiger charge is -2.36. The van der Waals surface area contributed by atoms with Crippen LogP contribution in [0.1, 0.15) is 28.8 Å². The topological polar surface area (TPSA) is 94.0 Å². The number of benzene rings is 3. The quantitative estimate of drug-likeness (QED) is 0.241. The van der Waals surface area contributed by atoms with E-state index in [1.165, 1.54) is 12.1 Å². The van der Waals surface area contributed by atoms with Gasteiger partial charge in [-0.15, -0.1) is 0 Å². The van der Waals surface area contributed by atoms with Gasteiger partial charge in [-0.2, -0.15) is 0 Å². The van der Waals surface area contributed by atoms with E-state index in [2.05, 4.69) is 20.4 Å². The normalized spacial score (nSPS) is 15.6. The minimum atomic E-state index is -0.515. The lowest BCUT2D eigenvalue weighted by molar-refractivity contribution is -0.384. The molecule has 2 heterocycles. The van der Waals surface area contributed by atoms with Crippen molar-refractivity contribution in [2.45, 2.75) is 19.4 Å². The fraction of sp³-hybridized carbons (Fsp3) is 0.310. The van der Waals surface area contributed by atoms with E-state index in [1.54, 1.807) is 18.2 Å². The third-order valence-electron chi connectivity index (χ3n) is 7.32. The first-order chi connectivity index (χ1) is 19.4. The number of rotatable bonds is 7. The van der Waals surface area contributed by atoms with Gasteiger partial charge in [0.15, 0.2) is 5.11 Å². The number of carbonyl (C=O) groups excluding carboxylic acids is 1. The molecule has 2 N–H and O–H groups in total. The van der Waals surface area contributed by atoms with Crippen LogP contribution in [0.15, 0.2) is 66.7 Å². The summed E-state index contributed by atoms with van der Waals surface area (Å²) in [6.07, 6.45) is 1.99. The number of nitrogens with zero attached hydrogens (tertiary/aromatic N) is 4. The number of nitro benzene ring substituents is 1. The summed E-state index contributed by atoms with van der Waals surface area (Å²) in [6, 6.07) is 19.2. The highest BCUT2D eigenvalue weighted by atomic mass is 32.1. The van der Waals surface area contributed by atoms with E-state index in [1.807, 2.05) is 41.3 Å². The van der Waals surface area contributed by atoms with E-state index in [-0.39, 0.29) is 22.2 Å². The van der Waals surface area contributed by atoms with Crippen LogP contribution in [-0.4, -0.2) is 60.1 Å². The van der Waals surface area contributed by atoms with Gasteiger partial charge in [-0.05, 0) is 67.5 Å². The van der Waals surface area contributed by atoms with Gasteiger partial charge in [0.1, 0.15) is 11.5 Å². The number of anilines is 3. The largest absolute Gasteiger partial charge is 0.369 e. The van der Waals surface area contributed by atoms with E-state index >= 15 is 0 Å². The Morgan fingerprint density at radius 1 is 0.925 bits per heavy atom. The molecule has 0 spiro atoms. The highest BCUT2D eigenvalue weighted by Crippen LogP contribution is 2.31. The van der Waals surface area contributed by atoms with Crippen LogP contribution in [0.3, 0.4) is 0 Å². The number of halogens is 1. The minimum Gasteiger partial charge on any atom is -0.369 e. The molecule has 0 aromatic heterocycles. The van der Waals surface area contributed by atoms with Gasteiger partial charge in [-0.25, -0.2) is 4.39 Å². The van der Waals surface area contributed by atoms with Crippen LogP contribution < -0.4 is 20.4 Å². The van der Waals surface area contributed by atoms with Crippen molar-refractivity contribution < 1.29 is 14.1 Å². The summed E-state index contributed by atoms with van der Waals surface area (Å²) in [5.74, 6) is -0.683. The van der Waals surface area contributed by atoms with E-state index < -0.39 is 10.8 Å². The van der Waals surface area contributed by atoms with Crippen molar-refractivity contribution in [3.05, 3.63) is 93.8 Å². The fourth-order valence-electron chi connectivity index (χ4n) is 5.16. The number of nitro groups is 1. The average Bonchev–Trinajstić information content (AvgIpc) is 3.50. The highest BCUT2D eigenvalue weighted by molar-refractivity contribution is 7.80. The molecule has 2 fully saturated rings. The third kappa shape index (κ3) is 6.54. The summed E-state index contributed by atoms with van der Waals surface area (Å²) >= 11 is 5.32. The van der Waals surface area contributed by atoms with Gasteiger partial charge in [0.25, 0.3) is 11.6 Å². The molecule has 2 saturated heterocycles. The molecule has 0 unspecified atom stereocenters. The first-order valence-corrected chi connectivity index (χ1v) is 13.7. The predicted molar refractivity (Wildman–Crippen MR) is 159 cm³/mol. The standard InChI is InChI=1S/C29H31FN6O3S/c30-25-6-2-1-5-22(25)20-33-15-17-34(18-16-33)24-10-8-23(9-11-24)31-29(40)32-28(37)21-7-12-26(27(19-21)36(38)39)35-13-3-4-14-35/h1-2,5-12,19H,3-4,13-18,20H2,(H2,31,32,37,40). The van der Waals surface area contributed by atoms with Crippen molar-refractivity contribution in [2.75, 3.05) is 54.4 Å². The van der Waals surface area contributed by atoms with Gasteiger partial charge < -0.3 is 15.1 Å². The molecule has 9 nitrogen and oxygen atoms in total. The minimum absolute atomic E-state index is 0.0860. The molecule has 0 atom stereocenters. The zero-order valence-corrected chi connectivity index (χ0v) is 22.8. The van der Waals surface area contributed by atoms with Crippen molar-refractivity contribution >= 4 is 46.0 Å². The van der Waals surface area contributed by atoms with Gasteiger partial charge in [-0.3, -0.25) is 25.1 Å². The Bertz CT molecular complexity index is 1390. The molecule has 1 amide bonds. The Labute approximate surface area is 237 Å². The average molecular weight is 563 g/mol. The molecule has 0 aliphatic carbocycles. The molecule has 0 radical (unpaired) electrons. The second kappa shape index (κ2) is 12.4. The van der Waals surface area contributed by atoms with Crippen LogP contribution in [0.4, 0.5) is 27.1 Å². The molecule has 3 aromatic carbocycles. The smallest absolute Gasteiger partial charge is 0.293 e. The molecule has 3 aromatic rings. The van der Waals surface area contributed by atoms with Crippen molar-refractivity contribution in [1.82, 2.24) is 10.2 Å². The summed E-state index contributed by atoms with van der Waals surface area (Å²) < 4.78 is 14.0. The lowest BCUT2D eigenvalue weighted by atomic mass is 10.1. The molecule has 0 bridgehead atoms. The molecule has 2 aliphatic heterocycles. The molecular weight excluding hydrogens is 531 g/mol. The van der Waals surface area contributed by atoms with Crippen LogP contribution in [0.2, 0.25) is 0 Å². The third-order valence-corrected chi connectivity index (χ3v) is 7.53. The van der Waals surface area contributed by atoms with Gasteiger partial charge in [-0.1, -0.05) is 18.2 Å². The van der Waals surface area contributed by atoms with Gasteiger partial charge in [0.2, 0.25) is 0 Å². The Balaban J connectivity index is 1.13. The van der Waals surface area contributed by atoms with Crippen molar-refractivity contribution in [3.63, 3.8) is 0 Å². The Morgan fingerprint density at radius 3 is 2.30 bits per heavy atom. The van der Waals surface area contributed by atoms with Crippen LogP contribution in [-0.2, 0) is 6.54 Å². The molecule has 40 heavy (non-hydrogen) atoms. The van der Waals surface area contributed by atoms with E-state index in [4.69, 9.17) is 12.2 Å². The van der Waals surface area contributed by atoms with E-state index in [0.717, 1.165) is 57.8 Å². The number of piperazine rings is 1. The van der Waals surface area contributed by atoms with Crippen molar-refractivity contribution in [1.29, 1.82) is 0 Å². The monoisotopic (exact) mass is 562 g/mol. The predicted octanol–water partition coefficient (Wildman–Crippen LogP) is 4.78. The molecule has 11 heteroatoms. The number of carbonyl (C=O) groups is 1. The first kappa shape index (κ1) is 27.5. The number of amides is 1. The van der Waals surface area contributed by atoms with E-state index in [0.29, 0.717) is 23.5 Å². The second-order valence-corrected chi connectivity index (χ2v) is 10.4. The molecule has 2 aliphatic rings. The summed E-state index contributed by atoms with van der Waals surface area (Å²) in [5, 5.41) is 17.4. The van der Waals surface area contributed by atoms with Crippen molar-refractivity contribution in [2.24, 2.45) is 0 Å². The SMILES string of the molecule is O=C(NC(=S)Nc1ccc(N2CCN(Cc3ccccc3F)CC2)cc1)c1ccc(N2CCCC2)c([N+](=O)[O-])c1. The second-order valence-electron chi connectivity index (χ2n) is 9.96. The van der Waals surface area contributed by atoms with Crippen LogP contribution in [0, 0.1) is 15.9 Å². The maximum atomic E-state index is 14.0. The number of thiocarbonyl (C=S) groups is 1. The Kier molecular flexibility index (Phi) is 8.51. The lowest BCUT2D eigenvalue weighted by Crippen LogP contribution is -2.46. The summed E-state index contributed by atoms with van der Waals surface area (Å²) in [7, 11) is 0. The maximum Gasteiger partial charge on any atom is 0.293 e. The van der Waals surface area contributed by atoms with Gasteiger partial charge in [0.05, 0.1) is 4.92 Å². The van der Waals surface area contributed by atoms with E-state index in [9.17, 15) is 19.3 Å². The fourth-order valence-corrected chi connectivity index (χ4v) is 5.37. The van der Waals surface area contributed by atoms with Crippen LogP contribution >= 0.6 is 12.2 Å². The zero-order valence-electron chi connectivity index (χ0n) is 22.0. The maximum absolute atomic E-state index is 14.0. The summed E-state index contributed by atoms with van der Waals surface area (Å²) in [6.45, 7) is 5.47. The van der Waals surface area contributed by atoms with Gasteiger partial charge in [0, 0.05) is 74.4 Å². The Hall–Kier alpha value is -4.09. The number of hydrogen-bond donors (Lipinski definition) is 2. The molecular formula is C29H31FN6O3S. The number of hydrogen-bond acceptors (Lipinski definition) is 7. The van der Waals surface area contributed by atoms with Gasteiger partial charge >= 0.3 is 0 Å². The zero-order chi connectivity index (χ0) is 28.1.